The number of hydrogen-bond donors (Lipinski definition) is 1. The van der Waals surface area contributed by atoms with Crippen LogP contribution in [0.2, 0.25) is 0 Å². The maximum Gasteiger partial charge on any atom is 0.224 e. The van der Waals surface area contributed by atoms with Gasteiger partial charge in [-0.2, -0.15) is 0 Å². The number of benzene rings is 4. The number of allylic oxidation sites excluding steroid dienone is 1. The summed E-state index contributed by atoms with van der Waals surface area (Å²) in [5, 5.41) is 3.08. The average molecular weight is 560 g/mol. The number of rotatable bonds is 13. The zero-order chi connectivity index (χ0) is 29.1. The van der Waals surface area contributed by atoms with Gasteiger partial charge in [0, 0.05) is 19.5 Å². The number of imidazole rings is 1. The largest absolute Gasteiger partial charge is 0.493 e. The number of fused-ring (bicyclic) bond motifs is 1. The highest BCUT2D eigenvalue weighted by molar-refractivity contribution is 5.79. The molecule has 5 aromatic rings. The summed E-state index contributed by atoms with van der Waals surface area (Å²) in [6.07, 6.45) is 5.83. The van der Waals surface area contributed by atoms with Crippen molar-refractivity contribution in [3.05, 3.63) is 120 Å². The van der Waals surface area contributed by atoms with Crippen molar-refractivity contribution in [1.82, 2.24) is 14.9 Å². The van der Waals surface area contributed by atoms with Gasteiger partial charge in [0.1, 0.15) is 5.82 Å². The zero-order valence-electron chi connectivity index (χ0n) is 24.3. The summed E-state index contributed by atoms with van der Waals surface area (Å²) in [4.78, 5) is 17.6. The van der Waals surface area contributed by atoms with Crippen molar-refractivity contribution in [1.29, 1.82) is 0 Å². The summed E-state index contributed by atoms with van der Waals surface area (Å²) in [5.41, 5.74) is 6.42. The Morgan fingerprint density at radius 1 is 0.905 bits per heavy atom. The van der Waals surface area contributed by atoms with E-state index >= 15 is 0 Å². The van der Waals surface area contributed by atoms with Gasteiger partial charge in [0.25, 0.3) is 0 Å². The van der Waals surface area contributed by atoms with Crippen LogP contribution in [0.1, 0.15) is 30.3 Å². The lowest BCUT2D eigenvalue weighted by Gasteiger charge is -2.13. The van der Waals surface area contributed by atoms with Crippen molar-refractivity contribution < 1.29 is 14.3 Å². The molecular formula is C36H37N3O3. The standard InChI is InChI=1S/C36H37N3O3/c1-3-10-27-17-20-33(34(25-27)41-2)42-24-9-23-39-32-14-8-7-13-31(32)38-35(39)21-22-37-36(40)26-28-15-18-30(19-16-28)29-11-5-4-6-12-29/h3-8,10-20,25H,9,21-24,26H2,1-2H3,(H,37,40)/b10-3+. The number of aromatic nitrogens is 2. The Balaban J connectivity index is 1.15. The fourth-order valence-electron chi connectivity index (χ4n) is 5.08. The number of carbonyl (C=O) groups excluding carboxylic acids is 1. The molecule has 1 N–H and O–H groups in total. The minimum Gasteiger partial charge on any atom is -0.493 e. The van der Waals surface area contributed by atoms with E-state index in [1.165, 1.54) is 5.56 Å². The van der Waals surface area contributed by atoms with Crippen molar-refractivity contribution in [2.24, 2.45) is 0 Å². The second-order valence-corrected chi connectivity index (χ2v) is 10.1. The fourth-order valence-corrected chi connectivity index (χ4v) is 5.08. The van der Waals surface area contributed by atoms with E-state index in [9.17, 15) is 4.79 Å². The zero-order valence-corrected chi connectivity index (χ0v) is 24.3. The molecule has 1 aromatic heterocycles. The highest BCUT2D eigenvalue weighted by Gasteiger charge is 2.12. The maximum absolute atomic E-state index is 12.7. The van der Waals surface area contributed by atoms with Crippen molar-refractivity contribution >= 4 is 23.0 Å². The Morgan fingerprint density at radius 3 is 2.45 bits per heavy atom. The first-order chi connectivity index (χ1) is 20.6. The molecule has 0 atom stereocenters. The summed E-state index contributed by atoms with van der Waals surface area (Å²) < 4.78 is 13.8. The lowest BCUT2D eigenvalue weighted by molar-refractivity contribution is -0.120. The highest BCUT2D eigenvalue weighted by Crippen LogP contribution is 2.29. The van der Waals surface area contributed by atoms with Crippen LogP contribution < -0.4 is 14.8 Å². The van der Waals surface area contributed by atoms with Gasteiger partial charge in [-0.25, -0.2) is 4.98 Å². The topological polar surface area (TPSA) is 65.4 Å². The van der Waals surface area contributed by atoms with Gasteiger partial charge in [0.05, 0.1) is 31.2 Å². The van der Waals surface area contributed by atoms with E-state index in [1.807, 2.05) is 85.8 Å². The molecule has 1 heterocycles. The average Bonchev–Trinajstić information content (AvgIpc) is 3.37. The van der Waals surface area contributed by atoms with Crippen LogP contribution >= 0.6 is 0 Å². The predicted octanol–water partition coefficient (Wildman–Crippen LogP) is 7.12. The van der Waals surface area contributed by atoms with Crippen molar-refractivity contribution in [3.63, 3.8) is 0 Å². The first-order valence-corrected chi connectivity index (χ1v) is 14.4. The van der Waals surface area contributed by atoms with Gasteiger partial charge < -0.3 is 19.4 Å². The predicted molar refractivity (Wildman–Crippen MR) is 170 cm³/mol. The summed E-state index contributed by atoms with van der Waals surface area (Å²) in [6, 6.07) is 32.5. The lowest BCUT2D eigenvalue weighted by Crippen LogP contribution is -2.28. The number of ether oxygens (including phenoxy) is 2. The van der Waals surface area contributed by atoms with Crippen LogP contribution in [0, 0.1) is 0 Å². The van der Waals surface area contributed by atoms with Gasteiger partial charge >= 0.3 is 0 Å². The molecule has 0 aliphatic heterocycles. The van der Waals surface area contributed by atoms with E-state index in [-0.39, 0.29) is 5.91 Å². The van der Waals surface area contributed by atoms with Crippen molar-refractivity contribution in [3.8, 4) is 22.6 Å². The Hall–Kier alpha value is -4.84. The summed E-state index contributed by atoms with van der Waals surface area (Å²) in [6.45, 7) is 3.82. The molecule has 0 aliphatic rings. The van der Waals surface area contributed by atoms with Gasteiger partial charge in [0.2, 0.25) is 5.91 Å². The second kappa shape index (κ2) is 14.2. The molecule has 1 amide bonds. The van der Waals surface area contributed by atoms with E-state index in [0.29, 0.717) is 26.0 Å². The van der Waals surface area contributed by atoms with Gasteiger partial charge in [-0.15, -0.1) is 0 Å². The Kier molecular flexibility index (Phi) is 9.68. The summed E-state index contributed by atoms with van der Waals surface area (Å²) in [7, 11) is 1.66. The molecule has 6 heteroatoms. The number of amides is 1. The first-order valence-electron chi connectivity index (χ1n) is 14.4. The minimum atomic E-state index is 0.00733. The monoisotopic (exact) mass is 559 g/mol. The van der Waals surface area contributed by atoms with Crippen LogP contribution in [-0.4, -0.2) is 35.7 Å². The molecular weight excluding hydrogens is 522 g/mol. The number of nitrogens with zero attached hydrogens (tertiary/aromatic N) is 2. The van der Waals surface area contributed by atoms with Crippen LogP contribution in [0.4, 0.5) is 0 Å². The molecule has 0 saturated heterocycles. The summed E-state index contributed by atoms with van der Waals surface area (Å²) >= 11 is 0. The third-order valence-electron chi connectivity index (χ3n) is 7.16. The van der Waals surface area contributed by atoms with Gasteiger partial charge in [-0.1, -0.05) is 84.9 Å². The van der Waals surface area contributed by atoms with Crippen LogP contribution in [0.15, 0.2) is 103 Å². The molecule has 0 radical (unpaired) electrons. The van der Waals surface area contributed by atoms with Crippen molar-refractivity contribution in [2.75, 3.05) is 20.3 Å². The highest BCUT2D eigenvalue weighted by atomic mass is 16.5. The number of carbonyl (C=O) groups is 1. The third-order valence-corrected chi connectivity index (χ3v) is 7.16. The van der Waals surface area contributed by atoms with Crippen LogP contribution in [0.5, 0.6) is 11.5 Å². The number of para-hydroxylation sites is 2. The van der Waals surface area contributed by atoms with E-state index in [2.05, 4.69) is 40.2 Å². The number of aryl methyl sites for hydroxylation is 1. The van der Waals surface area contributed by atoms with E-state index in [1.54, 1.807) is 7.11 Å². The quantitative estimate of drug-likeness (QED) is 0.156. The molecule has 0 bridgehead atoms. The number of nitrogens with one attached hydrogen (secondary N) is 1. The van der Waals surface area contributed by atoms with Gasteiger partial charge in [-0.3, -0.25) is 4.79 Å². The van der Waals surface area contributed by atoms with Gasteiger partial charge in [-0.05, 0) is 59.9 Å². The molecule has 0 fully saturated rings. The Bertz CT molecular complexity index is 1640. The third kappa shape index (κ3) is 7.26. The maximum atomic E-state index is 12.7. The number of methoxy groups -OCH3 is 1. The molecule has 0 unspecified atom stereocenters. The van der Waals surface area contributed by atoms with Crippen molar-refractivity contribution in [2.45, 2.75) is 32.7 Å². The first kappa shape index (κ1) is 28.7. The van der Waals surface area contributed by atoms with Crippen LogP contribution in [0.25, 0.3) is 28.2 Å². The fraction of sp³-hybridized carbons (Fsp3) is 0.222. The van der Waals surface area contributed by atoms with E-state index < -0.39 is 0 Å². The second-order valence-electron chi connectivity index (χ2n) is 10.1. The SMILES string of the molecule is C/C=C/c1ccc(OCCCn2c(CCNC(=O)Cc3ccc(-c4ccccc4)cc3)nc3ccccc32)c(OC)c1. The molecule has 42 heavy (non-hydrogen) atoms. The number of hydrogen-bond acceptors (Lipinski definition) is 4. The molecule has 6 nitrogen and oxygen atoms in total. The Morgan fingerprint density at radius 2 is 1.67 bits per heavy atom. The van der Waals surface area contributed by atoms with Crippen LogP contribution in [-0.2, 0) is 24.2 Å². The smallest absolute Gasteiger partial charge is 0.224 e. The van der Waals surface area contributed by atoms with Crippen LogP contribution in [0.3, 0.4) is 0 Å². The molecule has 0 spiro atoms. The van der Waals surface area contributed by atoms with Gasteiger partial charge in [0.15, 0.2) is 11.5 Å². The van der Waals surface area contributed by atoms with E-state index in [0.717, 1.165) is 58.0 Å². The van der Waals surface area contributed by atoms with E-state index in [4.69, 9.17) is 14.5 Å². The lowest BCUT2D eigenvalue weighted by atomic mass is 10.0. The molecule has 214 valence electrons. The molecule has 0 aliphatic carbocycles. The minimum absolute atomic E-state index is 0.00733. The normalized spacial score (nSPS) is 11.2. The summed E-state index contributed by atoms with van der Waals surface area (Å²) in [5.74, 6) is 2.42. The Labute approximate surface area is 247 Å². The molecule has 5 rings (SSSR count). The molecule has 4 aromatic carbocycles. The molecule has 0 saturated carbocycles.